The summed E-state index contributed by atoms with van der Waals surface area (Å²) < 4.78 is 14.6. The van der Waals surface area contributed by atoms with E-state index in [0.717, 1.165) is 0 Å². The minimum absolute atomic E-state index is 0. The Morgan fingerprint density at radius 3 is 0.905 bits per heavy atom. The van der Waals surface area contributed by atoms with Crippen molar-refractivity contribution in [1.82, 2.24) is 51.0 Å². The number of nitrogens with one attached hydrogen (secondary N) is 5. The van der Waals surface area contributed by atoms with Crippen molar-refractivity contribution in [1.29, 1.82) is 0 Å². The molecule has 5 heterocycles. The zero-order valence-corrected chi connectivity index (χ0v) is 21.6. The number of aromatic nitrogens is 10. The Kier molecular flexibility index (Phi) is 12.4. The first-order valence-corrected chi connectivity index (χ1v) is 10.8. The fourth-order valence-electron chi connectivity index (χ4n) is 2.38. The first-order valence-electron chi connectivity index (χ1n) is 10.8. The van der Waals surface area contributed by atoms with Crippen molar-refractivity contribution in [3.05, 3.63) is 89.8 Å². The molecule has 0 aliphatic carbocycles. The van der Waals surface area contributed by atoms with Gasteiger partial charge in [-0.25, -0.2) is 24.0 Å². The molecule has 0 aliphatic rings. The summed E-state index contributed by atoms with van der Waals surface area (Å²) in [6.45, 7) is 0. The summed E-state index contributed by atoms with van der Waals surface area (Å²) >= 11 is 0. The molecule has 1 radical (unpaired) electrons. The maximum absolute atomic E-state index is 11.9. The van der Waals surface area contributed by atoms with Crippen molar-refractivity contribution in [2.24, 2.45) is 0 Å². The number of aromatic amines is 5. The van der Waals surface area contributed by atoms with Crippen LogP contribution in [0.1, 0.15) is 52.4 Å². The SMILES string of the molecule is O=C(O)c1ccn[nH]1.O=C(O)c1ccn[nH]1.O=C(OB(OC(=O)c1ccn[nH]1)OC(=O)c1ccn[nH]1)c1ccn[nH]1.[Co]. The van der Waals surface area contributed by atoms with E-state index in [9.17, 15) is 24.0 Å². The maximum atomic E-state index is 11.9. The molecule has 42 heavy (non-hydrogen) atoms. The second kappa shape index (κ2) is 16.2. The molecule has 0 aromatic carbocycles. The van der Waals surface area contributed by atoms with E-state index < -0.39 is 37.2 Å². The number of carbonyl (C=O) groups is 5. The molecule has 7 N–H and O–H groups in total. The third-order valence-corrected chi connectivity index (χ3v) is 4.23. The molecule has 0 aliphatic heterocycles. The Balaban J connectivity index is 0.000000295. The van der Waals surface area contributed by atoms with E-state index in [4.69, 9.17) is 24.2 Å². The van der Waals surface area contributed by atoms with Crippen LogP contribution >= 0.6 is 0 Å². The van der Waals surface area contributed by atoms with E-state index in [1.54, 1.807) is 0 Å². The summed E-state index contributed by atoms with van der Waals surface area (Å²) in [5.41, 5.74) is 0.149. The van der Waals surface area contributed by atoms with Crippen molar-refractivity contribution in [3.63, 3.8) is 0 Å². The molecule has 5 aromatic rings. The molecule has 0 unspecified atom stereocenters. The first-order chi connectivity index (χ1) is 19.7. The zero-order chi connectivity index (χ0) is 29.6. The molecule has 0 amide bonds. The number of carboxylic acid groups (broad SMARTS) is 2. The molecule has 5 aromatic heterocycles. The zero-order valence-electron chi connectivity index (χ0n) is 20.6. The normalized spacial score (nSPS) is 9.43. The van der Waals surface area contributed by atoms with Gasteiger partial charge < -0.3 is 24.2 Å². The quantitative estimate of drug-likeness (QED) is 0.111. The molecule has 0 bridgehead atoms. The van der Waals surface area contributed by atoms with Crippen molar-refractivity contribution in [2.45, 2.75) is 0 Å². The number of nitrogens with zero attached hydrogens (tertiary/aromatic N) is 5. The van der Waals surface area contributed by atoms with Gasteiger partial charge in [0.15, 0.2) is 0 Å². The Hall–Kier alpha value is -6.03. The van der Waals surface area contributed by atoms with Crippen LogP contribution < -0.4 is 0 Å². The molecule has 22 heteroatoms. The van der Waals surface area contributed by atoms with Crippen molar-refractivity contribution < 1.29 is 64.9 Å². The summed E-state index contributed by atoms with van der Waals surface area (Å²) in [5, 5.41) is 45.7. The summed E-state index contributed by atoms with van der Waals surface area (Å²) in [5.74, 6) is -4.81. The fourth-order valence-corrected chi connectivity index (χ4v) is 2.38. The van der Waals surface area contributed by atoms with E-state index >= 15 is 0 Å². The van der Waals surface area contributed by atoms with Crippen LogP contribution in [0.5, 0.6) is 0 Å². The van der Waals surface area contributed by atoms with Crippen LogP contribution in [-0.4, -0.2) is 98.4 Å². The van der Waals surface area contributed by atoms with E-state index in [1.807, 2.05) is 0 Å². The molecular formula is C20H17BCoN10O10. The molecule has 0 saturated carbocycles. The number of H-pyrrole nitrogens is 5. The molecule has 0 saturated heterocycles. The van der Waals surface area contributed by atoms with Gasteiger partial charge in [-0.2, -0.15) is 25.5 Å². The minimum Gasteiger partial charge on any atom is -0.477 e. The van der Waals surface area contributed by atoms with Gasteiger partial charge in [0, 0.05) is 47.8 Å². The topological polar surface area (TPSA) is 297 Å². The summed E-state index contributed by atoms with van der Waals surface area (Å²) in [6, 6.07) is 6.76. The second-order valence-corrected chi connectivity index (χ2v) is 6.97. The van der Waals surface area contributed by atoms with Gasteiger partial charge in [-0.3, -0.25) is 25.5 Å². The van der Waals surface area contributed by atoms with Crippen LogP contribution in [0.4, 0.5) is 0 Å². The maximum Gasteiger partial charge on any atom is 0.870 e. The third kappa shape index (κ3) is 9.93. The summed E-state index contributed by atoms with van der Waals surface area (Å²) in [4.78, 5) is 55.8. The van der Waals surface area contributed by atoms with Gasteiger partial charge in [-0.05, 0) is 30.3 Å². The number of hydrogen-bond donors (Lipinski definition) is 7. The first kappa shape index (κ1) is 32.2. The number of rotatable bonds is 8. The number of aromatic carboxylic acids is 2. The van der Waals surface area contributed by atoms with Gasteiger partial charge in [0.05, 0.1) is 0 Å². The summed E-state index contributed by atoms with van der Waals surface area (Å²) in [6.07, 6.45) is 6.74. The number of carbonyl (C=O) groups excluding carboxylic acids is 3. The fraction of sp³-hybridized carbons (Fsp3) is 0. The Morgan fingerprint density at radius 2 is 0.738 bits per heavy atom. The Morgan fingerprint density at radius 1 is 0.500 bits per heavy atom. The van der Waals surface area contributed by atoms with E-state index in [2.05, 4.69) is 51.0 Å². The van der Waals surface area contributed by atoms with Gasteiger partial charge in [0.2, 0.25) is 0 Å². The third-order valence-electron chi connectivity index (χ3n) is 4.23. The molecule has 0 atom stereocenters. The predicted octanol–water partition coefficient (Wildman–Crippen LogP) is -0.0751. The molecule has 20 nitrogen and oxygen atoms in total. The monoisotopic (exact) mass is 627 g/mol. The van der Waals surface area contributed by atoms with Gasteiger partial charge in [0.25, 0.3) is 0 Å². The van der Waals surface area contributed by atoms with Crippen LogP contribution in [0.3, 0.4) is 0 Å². The summed E-state index contributed by atoms with van der Waals surface area (Å²) in [7, 11) is -1.94. The standard InChI is InChI=1S/C12H9BN6O6.2C4H4N2O2.Co/c20-10(7-1-4-14-17-7)23-13(24-11(21)8-2-5-15-18-8)25-12(22)9-3-6-16-19-9;2*7-4(8)3-1-2-5-6-3;/h1-6H,(H,14,17)(H,15,18)(H,16,19);2*1-2H,(H,5,6)(H,7,8);. The number of hydrogen-bond acceptors (Lipinski definition) is 13. The van der Waals surface area contributed by atoms with Gasteiger partial charge >= 0.3 is 37.2 Å². The van der Waals surface area contributed by atoms with E-state index in [0.29, 0.717) is 0 Å². The molecule has 0 spiro atoms. The average Bonchev–Trinajstić information content (AvgIpc) is 3.81. The van der Waals surface area contributed by atoms with Crippen LogP contribution in [0.25, 0.3) is 0 Å². The smallest absolute Gasteiger partial charge is 0.477 e. The van der Waals surface area contributed by atoms with E-state index in [-0.39, 0.29) is 45.2 Å². The minimum atomic E-state index is -1.94. The van der Waals surface area contributed by atoms with Crippen LogP contribution in [-0.2, 0) is 30.7 Å². The van der Waals surface area contributed by atoms with Crippen molar-refractivity contribution in [3.8, 4) is 0 Å². The Labute approximate surface area is 242 Å². The van der Waals surface area contributed by atoms with Crippen molar-refractivity contribution >= 4 is 37.2 Å². The van der Waals surface area contributed by atoms with Gasteiger partial charge in [-0.1, -0.05) is 0 Å². The van der Waals surface area contributed by atoms with Gasteiger partial charge in [-0.15, -0.1) is 0 Å². The van der Waals surface area contributed by atoms with Crippen LogP contribution in [0, 0.1) is 0 Å². The molecule has 0 fully saturated rings. The molecule has 5 rings (SSSR count). The average molecular weight is 627 g/mol. The Bertz CT molecular complexity index is 1370. The number of carboxylic acids is 2. The van der Waals surface area contributed by atoms with E-state index in [1.165, 1.54) is 61.3 Å². The largest absolute Gasteiger partial charge is 0.870 e. The predicted molar refractivity (Wildman–Crippen MR) is 129 cm³/mol. The van der Waals surface area contributed by atoms with Crippen LogP contribution in [0.2, 0.25) is 0 Å². The van der Waals surface area contributed by atoms with Gasteiger partial charge in [0.1, 0.15) is 28.5 Å². The molecular weight excluding hydrogens is 610 g/mol. The second-order valence-electron chi connectivity index (χ2n) is 6.97. The van der Waals surface area contributed by atoms with Crippen molar-refractivity contribution in [2.75, 3.05) is 0 Å². The molecule has 219 valence electrons. The van der Waals surface area contributed by atoms with Crippen LogP contribution in [0.15, 0.2) is 61.3 Å².